The Kier molecular flexibility index (Phi) is 30.9. The molecule has 732 valence electrons. The largest absolute Gasteiger partial charge is 0.490 e. The van der Waals surface area contributed by atoms with Crippen LogP contribution < -0.4 is 54.4 Å². The fourth-order valence-corrected chi connectivity index (χ4v) is 15.5. The number of aliphatic hydroxyl groups excluding tert-OH is 1. The predicted molar refractivity (Wildman–Crippen MR) is 553 cm³/mol. The molecule has 15 N–H and O–H groups in total. The van der Waals surface area contributed by atoms with Gasteiger partial charge in [-0.2, -0.15) is 0 Å². The second-order valence-corrected chi connectivity index (χ2v) is 33.3. The number of allylic oxidation sites excluding steroid dienone is 13. The molecule has 15 aromatic heterocycles. The van der Waals surface area contributed by atoms with Crippen LogP contribution in [-0.4, -0.2) is 224 Å². The number of aliphatic hydroxyl groups is 1. The number of aliphatic imine (C=N–C) groups is 5. The Hall–Kier alpha value is -18.5. The van der Waals surface area contributed by atoms with Gasteiger partial charge in [0.2, 0.25) is 11.6 Å². The van der Waals surface area contributed by atoms with Crippen molar-refractivity contribution in [2.45, 2.75) is 66.8 Å². The maximum absolute atomic E-state index is 12.6. The van der Waals surface area contributed by atoms with E-state index in [4.69, 9.17) is 68.8 Å². The van der Waals surface area contributed by atoms with Crippen LogP contribution >= 0.6 is 11.6 Å². The molecule has 1 fully saturated rings. The molecule has 15 aromatic rings. The molecule has 43 nitrogen and oxygen atoms in total. The number of hydrogen-bond donors (Lipinski definition) is 12. The third-order valence-corrected chi connectivity index (χ3v) is 23.0. The van der Waals surface area contributed by atoms with Gasteiger partial charge in [0.1, 0.15) is 63.9 Å². The van der Waals surface area contributed by atoms with Crippen LogP contribution in [0, 0.1) is 5.41 Å². The van der Waals surface area contributed by atoms with Crippen LogP contribution in [0.2, 0.25) is 0 Å². The monoisotopic (exact) mass is 1950 g/mol. The molecular weight excluding hydrogens is 1850 g/mol. The number of fused-ring (bicyclic) bond motifs is 6. The maximum atomic E-state index is 12.6. The molecule has 0 amide bonds. The first-order valence-corrected chi connectivity index (χ1v) is 46.5. The summed E-state index contributed by atoms with van der Waals surface area (Å²) in [4.78, 5) is 92.5. The molecule has 16 heterocycles. The van der Waals surface area contributed by atoms with Crippen molar-refractivity contribution in [3.63, 3.8) is 0 Å². The van der Waals surface area contributed by atoms with Crippen molar-refractivity contribution in [3.05, 3.63) is 332 Å². The van der Waals surface area contributed by atoms with Crippen LogP contribution in [0.5, 0.6) is 0 Å². The summed E-state index contributed by atoms with van der Waals surface area (Å²) >= 11 is 6.08. The van der Waals surface area contributed by atoms with Gasteiger partial charge in [-0.25, -0.2) is 72.5 Å². The zero-order valence-corrected chi connectivity index (χ0v) is 79.7. The van der Waals surface area contributed by atoms with Gasteiger partial charge in [-0.15, -0.1) is 25.5 Å². The van der Waals surface area contributed by atoms with Gasteiger partial charge in [0.15, 0.2) is 40.7 Å². The molecule has 0 bridgehead atoms. The molecule has 6 aliphatic rings. The Morgan fingerprint density at radius 3 is 1.19 bits per heavy atom. The lowest BCUT2D eigenvalue weighted by molar-refractivity contribution is -0.112. The van der Waals surface area contributed by atoms with E-state index in [1.807, 2.05) is 193 Å². The number of ether oxygens (including phenoxy) is 2. The fraction of sp³-hybridized carbons (Fsp3) is 0.200. The number of imidazole rings is 5. The number of nitrogens with two attached hydrogens (primary N) is 3. The van der Waals surface area contributed by atoms with E-state index in [-0.39, 0.29) is 52.8 Å². The highest BCUT2D eigenvalue weighted by atomic mass is 35.5. The molecular formula is C100H103ClN36O7. The van der Waals surface area contributed by atoms with Crippen molar-refractivity contribution in [2.24, 2.45) is 42.2 Å². The molecule has 0 saturated carbocycles. The SMILES string of the molecule is CC1=CC(=Nc2c(NCCn3ccnc3)nn3ccccc23)C(N)=C(Cl)C1=O.CC1=CC(=Nc2c(NCCn3ccnc3)nn3ccccc23)C(N)=CC1=O.CCCNC1=CC(=O)C(C)=CC1=Nc1c(NCCn2ccnc2)nn2ccccc12.N=C1C=C(N)C(OCCO)=CC1=Nc1c(NCCn2ccnc2)nn2ccccc12.O=C1C=C2NCCOC2=CC1=Nc1c(NCCn2ccnc2)nn2ccccc12. The van der Waals surface area contributed by atoms with Gasteiger partial charge in [-0.3, -0.25) is 24.6 Å². The normalized spacial score (nSPS) is 16.0. The Morgan fingerprint density at radius 1 is 0.424 bits per heavy atom. The van der Waals surface area contributed by atoms with Gasteiger partial charge in [0.05, 0.1) is 123 Å². The first kappa shape index (κ1) is 97.1. The first-order valence-electron chi connectivity index (χ1n) is 46.2. The van der Waals surface area contributed by atoms with Crippen LogP contribution in [0.25, 0.3) is 27.6 Å². The van der Waals surface area contributed by atoms with Gasteiger partial charge >= 0.3 is 0 Å². The topological polar surface area (TPSA) is 530 Å². The number of carbonyl (C=O) groups excluding carboxylic acids is 4. The quantitative estimate of drug-likeness (QED) is 0.0142. The molecule has 0 aromatic carbocycles. The Morgan fingerprint density at radius 2 is 0.799 bits per heavy atom. The van der Waals surface area contributed by atoms with E-state index in [2.05, 4.69) is 99.5 Å². The van der Waals surface area contributed by atoms with Gasteiger partial charge in [0.25, 0.3) is 0 Å². The number of ketones is 4. The lowest BCUT2D eigenvalue weighted by atomic mass is 10.0. The number of nitrogens with one attached hydrogen (secondary N) is 8. The van der Waals surface area contributed by atoms with Crippen LogP contribution in [-0.2, 0) is 61.4 Å². The van der Waals surface area contributed by atoms with E-state index in [0.717, 1.165) is 90.4 Å². The fourth-order valence-electron chi connectivity index (χ4n) is 15.3. The molecule has 0 radical (unpaired) electrons. The second kappa shape index (κ2) is 45.8. The summed E-state index contributed by atoms with van der Waals surface area (Å²) in [6.07, 6.45) is 51.9. The molecule has 44 heteroatoms. The number of Topliss-reactive ketones (excluding diaryl/α,β-unsaturated/α-hetero) is 1. The summed E-state index contributed by atoms with van der Waals surface area (Å²) in [6.45, 7) is 16.3. The second-order valence-electron chi connectivity index (χ2n) is 32.9. The number of hydrogen-bond acceptors (Lipinski definition) is 33. The van der Waals surface area contributed by atoms with Gasteiger partial charge < -0.3 is 91.8 Å². The number of pyridine rings is 5. The van der Waals surface area contributed by atoms with Gasteiger partial charge in [-0.05, 0) is 123 Å². The summed E-state index contributed by atoms with van der Waals surface area (Å²) in [6, 6.07) is 28.8. The van der Waals surface area contributed by atoms with E-state index in [1.54, 1.807) is 125 Å². The highest BCUT2D eigenvalue weighted by molar-refractivity contribution is 6.51. The summed E-state index contributed by atoms with van der Waals surface area (Å²) < 4.78 is 29.8. The number of nitrogens with zero attached hydrogens (tertiary/aromatic N) is 25. The number of halogens is 1. The Balaban J connectivity index is 0.000000124. The molecule has 1 saturated heterocycles. The van der Waals surface area contributed by atoms with Gasteiger partial charge in [0, 0.05) is 207 Å². The summed E-state index contributed by atoms with van der Waals surface area (Å²) in [7, 11) is 0. The minimum Gasteiger partial charge on any atom is -0.490 e. The van der Waals surface area contributed by atoms with Crippen LogP contribution in [0.3, 0.4) is 0 Å². The zero-order valence-electron chi connectivity index (χ0n) is 78.9. The van der Waals surface area contributed by atoms with E-state index in [1.165, 1.54) is 18.2 Å². The van der Waals surface area contributed by atoms with Crippen molar-refractivity contribution in [2.75, 3.05) is 92.2 Å². The molecule has 144 heavy (non-hydrogen) atoms. The number of aromatic nitrogens is 20. The number of anilines is 5. The first-order chi connectivity index (χ1) is 70.2. The zero-order chi connectivity index (χ0) is 100.0. The number of carbonyl (C=O) groups is 4. The average Bonchev–Trinajstić information content (AvgIpc) is 1.63. The third-order valence-electron chi connectivity index (χ3n) is 22.7. The Bertz CT molecular complexity index is 7770. The standard InChI is InChI=1S/C22H25N7O.C20H22N8O2.C20H19N7O2.C19H18ClN7O.C19H19N7O/c1-3-7-24-17-14-20(30)16(2)13-18(17)26-21-19-6-4-5-10-29(19)27-22(21)25-9-12-28-11-8-23-15-28;21-14-11-15(22)18(30-10-9-29)12-16(14)25-19-17-3-1-2-6-28(17)26-20(19)24-5-8-27-7-4-23-13-27;28-17-11-15-18(29-10-6-22-15)12-14(17)24-19-16-3-1-2-7-27(16)25-20(19)23-5-9-26-8-4-21-13-26;1-12-10-13(16(21)15(20)18(12)28)24-17-14-4-2-3-7-27(14)25-19(17)23-6-9-26-8-5-22-11-26;1-13-10-15(14(20)11-17(13)27)23-18-16-4-2-3-7-26(16)24-19(18)22-6-9-25-8-5-21-12-25/h4-6,8,10-11,13-15,24H,3,7,9,12H2,1-2H3,(H,25,27);1-4,6-7,11-13,21,29H,5,8-10,22H2,(H,24,26);1-4,7-8,11-13,22H,5-6,9-10H2,(H,23,25);2-5,7-8,10-11H,6,9,21H2,1H3,(H,23,25);2-5,7-8,10-12H,6,9,20H2,1H3,(H,22,24). The van der Waals surface area contributed by atoms with Crippen molar-refractivity contribution in [1.82, 2.24) is 106 Å². The Labute approximate surface area is 828 Å². The van der Waals surface area contributed by atoms with Crippen molar-refractivity contribution in [1.29, 1.82) is 5.41 Å². The van der Waals surface area contributed by atoms with Crippen molar-refractivity contribution in [3.8, 4) is 0 Å². The minimum atomic E-state index is -0.281. The minimum absolute atomic E-state index is 0.00565. The van der Waals surface area contributed by atoms with Crippen molar-refractivity contribution < 1.29 is 33.8 Å². The molecule has 5 aliphatic carbocycles. The lowest BCUT2D eigenvalue weighted by Gasteiger charge is -2.23. The maximum Gasteiger partial charge on any atom is 0.206 e. The molecule has 0 unspecified atom stereocenters. The van der Waals surface area contributed by atoms with Crippen LogP contribution in [0.1, 0.15) is 34.1 Å². The van der Waals surface area contributed by atoms with E-state index in [9.17, 15) is 19.2 Å². The van der Waals surface area contributed by atoms with E-state index >= 15 is 0 Å². The molecule has 0 atom stereocenters. The summed E-state index contributed by atoms with van der Waals surface area (Å²) in [5.41, 5.74) is 32.2. The summed E-state index contributed by atoms with van der Waals surface area (Å²) in [5.74, 6) is 3.68. The third kappa shape index (κ3) is 23.5. The highest BCUT2D eigenvalue weighted by Crippen LogP contribution is 2.38. The summed E-state index contributed by atoms with van der Waals surface area (Å²) in [5, 5.41) is 63.4. The smallest absolute Gasteiger partial charge is 0.206 e. The molecule has 21 rings (SSSR count). The molecule has 0 spiro atoms. The predicted octanol–water partition coefficient (Wildman–Crippen LogP) is 11.0. The highest BCUT2D eigenvalue weighted by Gasteiger charge is 2.29. The van der Waals surface area contributed by atoms with Crippen LogP contribution in [0.15, 0.2) is 357 Å². The van der Waals surface area contributed by atoms with Gasteiger partial charge in [-0.1, -0.05) is 48.9 Å². The molecule has 1 aliphatic heterocycles. The lowest BCUT2D eigenvalue weighted by Crippen LogP contribution is -2.31. The number of rotatable bonds is 31. The average molecular weight is 1960 g/mol. The van der Waals surface area contributed by atoms with Crippen molar-refractivity contribution >= 4 is 154 Å². The van der Waals surface area contributed by atoms with Crippen LogP contribution in [0.4, 0.5) is 57.5 Å². The van der Waals surface area contributed by atoms with E-state index in [0.29, 0.717) is 166 Å². The van der Waals surface area contributed by atoms with E-state index < -0.39 is 0 Å². The number of morpholine rings is 1.